The Labute approximate surface area is 108 Å². The highest BCUT2D eigenvalue weighted by atomic mass is 16.5. The Morgan fingerprint density at radius 2 is 2.00 bits per heavy atom. The van der Waals surface area contributed by atoms with Crippen LogP contribution in [0.3, 0.4) is 0 Å². The minimum Gasteiger partial charge on any atom is -0.497 e. The van der Waals surface area contributed by atoms with Gasteiger partial charge in [0, 0.05) is 0 Å². The van der Waals surface area contributed by atoms with E-state index in [1.165, 1.54) is 5.56 Å². The number of rotatable bonds is 7. The van der Waals surface area contributed by atoms with Gasteiger partial charge >= 0.3 is 5.97 Å². The Balaban J connectivity index is 2.34. The van der Waals surface area contributed by atoms with E-state index in [0.717, 1.165) is 25.1 Å². The fourth-order valence-corrected chi connectivity index (χ4v) is 1.71. The van der Waals surface area contributed by atoms with Crippen LogP contribution in [0.2, 0.25) is 0 Å². The molecule has 0 aliphatic heterocycles. The Bertz CT molecular complexity index is 375. The monoisotopic (exact) mass is 251 g/mol. The van der Waals surface area contributed by atoms with Crippen LogP contribution in [0.15, 0.2) is 24.3 Å². The number of ether oxygens (including phenoxy) is 1. The summed E-state index contributed by atoms with van der Waals surface area (Å²) in [6.45, 7) is 2.48. The first-order valence-corrected chi connectivity index (χ1v) is 6.10. The van der Waals surface area contributed by atoms with Gasteiger partial charge in [0.15, 0.2) is 0 Å². The Morgan fingerprint density at radius 3 is 2.50 bits per heavy atom. The maximum atomic E-state index is 10.8. The van der Waals surface area contributed by atoms with Gasteiger partial charge in [-0.15, -0.1) is 0 Å². The molecule has 0 bridgehead atoms. The van der Waals surface area contributed by atoms with Gasteiger partial charge in [-0.2, -0.15) is 0 Å². The number of likely N-dealkylation sites (N-methyl/N-ethyl adjacent to an activating group) is 1. The van der Waals surface area contributed by atoms with E-state index in [1.807, 2.05) is 36.2 Å². The van der Waals surface area contributed by atoms with Crippen LogP contribution in [0.1, 0.15) is 18.9 Å². The molecule has 1 N–H and O–H groups in total. The summed E-state index contributed by atoms with van der Waals surface area (Å²) in [6.07, 6.45) is 1.89. The normalized spacial score (nSPS) is 12.4. The van der Waals surface area contributed by atoms with E-state index < -0.39 is 12.0 Å². The van der Waals surface area contributed by atoms with Gasteiger partial charge in [-0.1, -0.05) is 12.1 Å². The molecule has 4 nitrogen and oxygen atoms in total. The van der Waals surface area contributed by atoms with Crippen molar-refractivity contribution in [3.63, 3.8) is 0 Å². The van der Waals surface area contributed by atoms with Crippen LogP contribution < -0.4 is 4.74 Å². The first-order valence-electron chi connectivity index (χ1n) is 6.10. The number of nitrogens with zero attached hydrogens (tertiary/aromatic N) is 1. The topological polar surface area (TPSA) is 49.8 Å². The molecule has 0 amide bonds. The van der Waals surface area contributed by atoms with Crippen molar-refractivity contribution in [3.05, 3.63) is 29.8 Å². The van der Waals surface area contributed by atoms with Crippen molar-refractivity contribution in [1.82, 2.24) is 4.90 Å². The molecule has 1 aromatic rings. The highest BCUT2D eigenvalue weighted by molar-refractivity contribution is 5.72. The minimum atomic E-state index is -0.776. The number of methoxy groups -OCH3 is 1. The molecular weight excluding hydrogens is 230 g/mol. The van der Waals surface area contributed by atoms with Crippen molar-refractivity contribution in [2.45, 2.75) is 25.8 Å². The molecule has 0 fully saturated rings. The fourth-order valence-electron chi connectivity index (χ4n) is 1.71. The van der Waals surface area contributed by atoms with Gasteiger partial charge in [0.2, 0.25) is 0 Å². The lowest BCUT2D eigenvalue weighted by Crippen LogP contribution is -2.36. The van der Waals surface area contributed by atoms with E-state index in [0.29, 0.717) is 0 Å². The predicted octanol–water partition coefficient (Wildman–Crippen LogP) is 2.03. The van der Waals surface area contributed by atoms with Crippen molar-refractivity contribution in [2.24, 2.45) is 0 Å². The Hall–Kier alpha value is -1.55. The van der Waals surface area contributed by atoms with E-state index in [-0.39, 0.29) is 0 Å². The minimum absolute atomic E-state index is 0.430. The zero-order chi connectivity index (χ0) is 13.5. The van der Waals surface area contributed by atoms with Crippen molar-refractivity contribution in [2.75, 3.05) is 20.7 Å². The third kappa shape index (κ3) is 4.37. The molecule has 1 atom stereocenters. The summed E-state index contributed by atoms with van der Waals surface area (Å²) in [7, 11) is 3.49. The SMILES string of the molecule is COc1ccc(CCCN(C)[C@H](C)C(=O)O)cc1. The molecule has 1 aromatic carbocycles. The largest absolute Gasteiger partial charge is 0.497 e. The lowest BCUT2D eigenvalue weighted by atomic mass is 10.1. The molecule has 1 rings (SSSR count). The maximum absolute atomic E-state index is 10.8. The molecule has 0 spiro atoms. The summed E-state index contributed by atoms with van der Waals surface area (Å²) < 4.78 is 5.10. The number of hydrogen-bond acceptors (Lipinski definition) is 3. The second-order valence-electron chi connectivity index (χ2n) is 4.45. The van der Waals surface area contributed by atoms with E-state index in [9.17, 15) is 4.79 Å². The second-order valence-corrected chi connectivity index (χ2v) is 4.45. The van der Waals surface area contributed by atoms with Crippen molar-refractivity contribution in [1.29, 1.82) is 0 Å². The molecule has 0 aliphatic carbocycles. The average molecular weight is 251 g/mol. The second kappa shape index (κ2) is 7.01. The molecule has 0 aromatic heterocycles. The highest BCUT2D eigenvalue weighted by Crippen LogP contribution is 2.12. The van der Waals surface area contributed by atoms with Crippen LogP contribution in [0.25, 0.3) is 0 Å². The van der Waals surface area contributed by atoms with Gasteiger partial charge in [0.25, 0.3) is 0 Å². The number of aliphatic carboxylic acids is 1. The predicted molar refractivity (Wildman–Crippen MR) is 71.0 cm³/mol. The average Bonchev–Trinajstić information content (AvgIpc) is 2.38. The zero-order valence-corrected chi connectivity index (χ0v) is 11.2. The van der Waals surface area contributed by atoms with Gasteiger partial charge in [-0.05, 0) is 51.1 Å². The first kappa shape index (κ1) is 14.5. The Kier molecular flexibility index (Phi) is 5.65. The lowest BCUT2D eigenvalue weighted by Gasteiger charge is -2.20. The molecule has 0 aliphatic rings. The first-order chi connectivity index (χ1) is 8.54. The van der Waals surface area contributed by atoms with Crippen molar-refractivity contribution in [3.8, 4) is 5.75 Å². The summed E-state index contributed by atoms with van der Waals surface area (Å²) in [5.74, 6) is 0.0808. The van der Waals surface area contributed by atoms with Gasteiger partial charge in [-0.3, -0.25) is 9.69 Å². The maximum Gasteiger partial charge on any atom is 0.320 e. The Morgan fingerprint density at radius 1 is 1.39 bits per heavy atom. The highest BCUT2D eigenvalue weighted by Gasteiger charge is 2.15. The van der Waals surface area contributed by atoms with E-state index in [2.05, 4.69) is 0 Å². The number of aryl methyl sites for hydroxylation is 1. The third-order valence-electron chi connectivity index (χ3n) is 3.15. The van der Waals surface area contributed by atoms with Crippen molar-refractivity contribution >= 4 is 5.97 Å². The standard InChI is InChI=1S/C14H21NO3/c1-11(14(16)17)15(2)10-4-5-12-6-8-13(18-3)9-7-12/h6-9,11H,4-5,10H2,1-3H3,(H,16,17)/t11-/m1/s1. The number of carbonyl (C=O) groups is 1. The summed E-state index contributed by atoms with van der Waals surface area (Å²) in [5, 5.41) is 8.87. The number of benzene rings is 1. The number of carboxylic acid groups (broad SMARTS) is 1. The van der Waals surface area contributed by atoms with Crippen LogP contribution in [-0.4, -0.2) is 42.7 Å². The quantitative estimate of drug-likeness (QED) is 0.805. The zero-order valence-electron chi connectivity index (χ0n) is 11.2. The fraction of sp³-hybridized carbons (Fsp3) is 0.500. The van der Waals surface area contributed by atoms with Gasteiger partial charge in [0.05, 0.1) is 7.11 Å². The van der Waals surface area contributed by atoms with Crippen LogP contribution in [0.4, 0.5) is 0 Å². The molecule has 100 valence electrons. The summed E-state index contributed by atoms with van der Waals surface area (Å²) >= 11 is 0. The molecule has 0 unspecified atom stereocenters. The molecule has 0 radical (unpaired) electrons. The summed E-state index contributed by atoms with van der Waals surface area (Å²) in [4.78, 5) is 12.6. The molecule has 4 heteroatoms. The van der Waals surface area contributed by atoms with Crippen LogP contribution in [0.5, 0.6) is 5.75 Å². The number of hydrogen-bond donors (Lipinski definition) is 1. The summed E-state index contributed by atoms with van der Waals surface area (Å²) in [5.41, 5.74) is 1.24. The van der Waals surface area contributed by atoms with E-state index in [1.54, 1.807) is 14.0 Å². The van der Waals surface area contributed by atoms with Gasteiger partial charge in [0.1, 0.15) is 11.8 Å². The molecular formula is C14H21NO3. The van der Waals surface area contributed by atoms with Crippen LogP contribution in [0, 0.1) is 0 Å². The third-order valence-corrected chi connectivity index (χ3v) is 3.15. The van der Waals surface area contributed by atoms with Crippen LogP contribution >= 0.6 is 0 Å². The van der Waals surface area contributed by atoms with E-state index >= 15 is 0 Å². The molecule has 0 heterocycles. The van der Waals surface area contributed by atoms with Gasteiger partial charge in [-0.25, -0.2) is 0 Å². The molecule has 0 saturated carbocycles. The van der Waals surface area contributed by atoms with Gasteiger partial charge < -0.3 is 9.84 Å². The molecule has 18 heavy (non-hydrogen) atoms. The smallest absolute Gasteiger partial charge is 0.320 e. The summed E-state index contributed by atoms with van der Waals surface area (Å²) in [6, 6.07) is 7.54. The van der Waals surface area contributed by atoms with Crippen LogP contribution in [-0.2, 0) is 11.2 Å². The number of carboxylic acids is 1. The van der Waals surface area contributed by atoms with Crippen molar-refractivity contribution < 1.29 is 14.6 Å². The lowest BCUT2D eigenvalue weighted by molar-refractivity contribution is -0.142. The van der Waals surface area contributed by atoms with E-state index in [4.69, 9.17) is 9.84 Å². The molecule has 0 saturated heterocycles.